The van der Waals surface area contributed by atoms with Gasteiger partial charge in [0.15, 0.2) is 3.95 Å². The maximum absolute atomic E-state index is 14.0. The molecule has 0 spiro atoms. The van der Waals surface area contributed by atoms with Crippen molar-refractivity contribution in [2.45, 2.75) is 38.1 Å². The van der Waals surface area contributed by atoms with Crippen LogP contribution in [0.25, 0.3) is 5.69 Å². The molecule has 0 saturated heterocycles. The van der Waals surface area contributed by atoms with E-state index in [2.05, 4.69) is 5.32 Å². The van der Waals surface area contributed by atoms with E-state index in [1.165, 1.54) is 17.1 Å². The number of benzene rings is 1. The Labute approximate surface area is 143 Å². The Morgan fingerprint density at radius 3 is 2.70 bits per heavy atom. The van der Waals surface area contributed by atoms with Gasteiger partial charge in [-0.05, 0) is 37.2 Å². The molecule has 1 aliphatic rings. The van der Waals surface area contributed by atoms with Crippen molar-refractivity contribution >= 4 is 35.3 Å². The Hall–Kier alpha value is -1.73. The number of aromatic nitrogens is 1. The number of hydrogen-bond acceptors (Lipinski definition) is 4. The van der Waals surface area contributed by atoms with Crippen LogP contribution in [0.2, 0.25) is 0 Å². The third-order valence-corrected chi connectivity index (χ3v) is 5.47. The number of thiazole rings is 1. The van der Waals surface area contributed by atoms with Gasteiger partial charge in [-0.25, -0.2) is 4.39 Å². The topological polar surface area (TPSA) is 60.1 Å². The Morgan fingerprint density at radius 1 is 1.30 bits per heavy atom. The second-order valence-electron chi connectivity index (χ2n) is 5.68. The Kier molecular flexibility index (Phi) is 4.77. The molecule has 3 rings (SSSR count). The van der Waals surface area contributed by atoms with E-state index >= 15 is 0 Å². The van der Waals surface area contributed by atoms with Crippen LogP contribution in [-0.4, -0.2) is 16.5 Å². The van der Waals surface area contributed by atoms with E-state index in [1.54, 1.807) is 18.2 Å². The molecule has 7 heteroatoms. The zero-order valence-electron chi connectivity index (χ0n) is 12.5. The highest BCUT2D eigenvalue weighted by Crippen LogP contribution is 2.28. The third kappa shape index (κ3) is 3.30. The summed E-state index contributed by atoms with van der Waals surface area (Å²) in [7, 11) is 0. The lowest BCUT2D eigenvalue weighted by Gasteiger charge is -2.22. The first-order chi connectivity index (χ1) is 11.1. The molecule has 0 unspecified atom stereocenters. The van der Waals surface area contributed by atoms with Gasteiger partial charge in [0.05, 0.1) is 5.69 Å². The highest BCUT2D eigenvalue weighted by Gasteiger charge is 2.22. The fraction of sp³-hybridized carbons (Fsp3) is 0.375. The number of hydrogen-bond donors (Lipinski definition) is 2. The van der Waals surface area contributed by atoms with Crippen LogP contribution in [0, 0.1) is 9.77 Å². The fourth-order valence-electron chi connectivity index (χ4n) is 2.91. The molecule has 1 amide bonds. The smallest absolute Gasteiger partial charge is 0.265 e. The quantitative estimate of drug-likeness (QED) is 0.820. The van der Waals surface area contributed by atoms with E-state index in [9.17, 15) is 9.18 Å². The molecule has 1 aromatic heterocycles. The summed E-state index contributed by atoms with van der Waals surface area (Å²) in [6, 6.07) is 6.43. The van der Waals surface area contributed by atoms with Crippen molar-refractivity contribution in [1.29, 1.82) is 0 Å². The van der Waals surface area contributed by atoms with E-state index in [0.717, 1.165) is 37.0 Å². The van der Waals surface area contributed by atoms with Crippen LogP contribution in [0.3, 0.4) is 0 Å². The van der Waals surface area contributed by atoms with Gasteiger partial charge in [0.1, 0.15) is 16.5 Å². The summed E-state index contributed by atoms with van der Waals surface area (Å²) < 4.78 is 15.8. The summed E-state index contributed by atoms with van der Waals surface area (Å²) in [5, 5.41) is 3.02. The number of nitrogens with zero attached hydrogens (tertiary/aromatic N) is 1. The predicted octanol–water partition coefficient (Wildman–Crippen LogP) is 4.05. The molecule has 4 nitrogen and oxygen atoms in total. The Morgan fingerprint density at radius 2 is 2.00 bits per heavy atom. The molecule has 122 valence electrons. The van der Waals surface area contributed by atoms with Crippen molar-refractivity contribution in [3.05, 3.63) is 38.9 Å². The van der Waals surface area contributed by atoms with Gasteiger partial charge in [-0.3, -0.25) is 9.36 Å². The van der Waals surface area contributed by atoms with Gasteiger partial charge in [0, 0.05) is 6.04 Å². The van der Waals surface area contributed by atoms with Crippen LogP contribution in [0.1, 0.15) is 41.8 Å². The molecule has 0 radical (unpaired) electrons. The number of nitrogens with one attached hydrogen (secondary N) is 1. The minimum absolute atomic E-state index is 0.188. The molecule has 0 bridgehead atoms. The zero-order chi connectivity index (χ0) is 16.4. The van der Waals surface area contributed by atoms with Crippen molar-refractivity contribution in [3.8, 4) is 5.69 Å². The fourth-order valence-corrected chi connectivity index (χ4v) is 4.16. The molecule has 0 aliphatic heterocycles. The maximum atomic E-state index is 14.0. The first-order valence-electron chi connectivity index (χ1n) is 7.65. The largest absolute Gasteiger partial charge is 0.383 e. The highest BCUT2D eigenvalue weighted by atomic mass is 32.1. The van der Waals surface area contributed by atoms with Crippen LogP contribution in [0.4, 0.5) is 10.2 Å². The molecule has 1 fully saturated rings. The molecule has 1 heterocycles. The minimum Gasteiger partial charge on any atom is -0.383 e. The van der Waals surface area contributed by atoms with E-state index in [0.29, 0.717) is 8.83 Å². The Balaban J connectivity index is 1.90. The van der Waals surface area contributed by atoms with Crippen molar-refractivity contribution in [2.24, 2.45) is 0 Å². The maximum Gasteiger partial charge on any atom is 0.265 e. The highest BCUT2D eigenvalue weighted by molar-refractivity contribution is 7.73. The van der Waals surface area contributed by atoms with Crippen LogP contribution in [0.5, 0.6) is 0 Å². The van der Waals surface area contributed by atoms with Gasteiger partial charge >= 0.3 is 0 Å². The number of nitrogen functional groups attached to an aromatic ring is 1. The summed E-state index contributed by atoms with van der Waals surface area (Å²) >= 11 is 6.40. The van der Waals surface area contributed by atoms with Crippen molar-refractivity contribution in [1.82, 2.24) is 9.88 Å². The number of amides is 1. The summed E-state index contributed by atoms with van der Waals surface area (Å²) in [6.07, 6.45) is 5.46. The van der Waals surface area contributed by atoms with Crippen LogP contribution < -0.4 is 11.1 Å². The summed E-state index contributed by atoms with van der Waals surface area (Å²) in [5.74, 6) is -0.452. The van der Waals surface area contributed by atoms with Crippen molar-refractivity contribution in [3.63, 3.8) is 0 Å². The first-order valence-corrected chi connectivity index (χ1v) is 8.87. The van der Waals surface area contributed by atoms with Gasteiger partial charge in [0.2, 0.25) is 0 Å². The standard InChI is InChI=1S/C16H18FN3OS2/c17-11-8-4-5-9-12(11)20-14(18)13(23-16(20)22)15(21)19-10-6-2-1-3-7-10/h4-5,8-10H,1-3,6-7,18H2,(H,19,21). The molecule has 2 aromatic rings. The molecule has 3 N–H and O–H groups in total. The number of anilines is 1. The Bertz CT molecular complexity index is 778. The molecule has 1 saturated carbocycles. The summed E-state index contributed by atoms with van der Waals surface area (Å²) in [6.45, 7) is 0. The average molecular weight is 351 g/mol. The monoisotopic (exact) mass is 351 g/mol. The van der Waals surface area contributed by atoms with Crippen LogP contribution >= 0.6 is 23.6 Å². The number of carbonyl (C=O) groups is 1. The van der Waals surface area contributed by atoms with Gasteiger partial charge in [0.25, 0.3) is 5.91 Å². The predicted molar refractivity (Wildman–Crippen MR) is 93.2 cm³/mol. The van der Waals surface area contributed by atoms with Crippen LogP contribution in [0.15, 0.2) is 24.3 Å². The normalized spacial score (nSPS) is 15.5. The molecular weight excluding hydrogens is 333 g/mol. The van der Waals surface area contributed by atoms with Crippen LogP contribution in [-0.2, 0) is 0 Å². The van der Waals surface area contributed by atoms with Gasteiger partial charge in [-0.2, -0.15) is 0 Å². The molecular formula is C16H18FN3OS2. The van der Waals surface area contributed by atoms with Gasteiger partial charge in [-0.15, -0.1) is 0 Å². The molecule has 23 heavy (non-hydrogen) atoms. The lowest BCUT2D eigenvalue weighted by molar-refractivity contribution is 0.0932. The van der Waals surface area contributed by atoms with E-state index in [-0.39, 0.29) is 23.5 Å². The number of nitrogens with two attached hydrogens (primary N) is 1. The molecule has 0 atom stereocenters. The van der Waals surface area contributed by atoms with E-state index in [1.807, 2.05) is 0 Å². The molecule has 1 aromatic carbocycles. The lowest BCUT2D eigenvalue weighted by Crippen LogP contribution is -2.36. The lowest BCUT2D eigenvalue weighted by atomic mass is 9.95. The van der Waals surface area contributed by atoms with Gasteiger partial charge < -0.3 is 11.1 Å². The molecule has 1 aliphatic carbocycles. The van der Waals surface area contributed by atoms with Gasteiger partial charge in [-0.1, -0.05) is 42.7 Å². The zero-order valence-corrected chi connectivity index (χ0v) is 14.2. The average Bonchev–Trinajstić information content (AvgIpc) is 2.84. The van der Waals surface area contributed by atoms with Crippen molar-refractivity contribution < 1.29 is 9.18 Å². The summed E-state index contributed by atoms with van der Waals surface area (Å²) in [4.78, 5) is 12.8. The third-order valence-electron chi connectivity index (χ3n) is 4.09. The first kappa shape index (κ1) is 16.1. The number of rotatable bonds is 3. The minimum atomic E-state index is -0.424. The number of halogens is 1. The number of carbonyl (C=O) groups excluding carboxylic acids is 1. The number of para-hydroxylation sites is 1. The second-order valence-corrected chi connectivity index (χ2v) is 7.32. The van der Waals surface area contributed by atoms with E-state index in [4.69, 9.17) is 18.0 Å². The summed E-state index contributed by atoms with van der Waals surface area (Å²) in [5.41, 5.74) is 6.36. The van der Waals surface area contributed by atoms with E-state index < -0.39 is 5.82 Å². The van der Waals surface area contributed by atoms with Crippen molar-refractivity contribution in [2.75, 3.05) is 5.73 Å². The SMILES string of the molecule is Nc1c(C(=O)NC2CCCCC2)sc(=S)n1-c1ccccc1F. The second kappa shape index (κ2) is 6.80.